The van der Waals surface area contributed by atoms with Gasteiger partial charge in [-0.25, -0.2) is 0 Å². The van der Waals surface area contributed by atoms with E-state index in [0.29, 0.717) is 21.4 Å². The van der Waals surface area contributed by atoms with Gasteiger partial charge in [0.25, 0.3) is 5.91 Å². The highest BCUT2D eigenvalue weighted by Crippen LogP contribution is 2.24. The Labute approximate surface area is 194 Å². The number of aryl methyl sites for hydroxylation is 2. The largest absolute Gasteiger partial charge is 0.484 e. The van der Waals surface area contributed by atoms with Gasteiger partial charge >= 0.3 is 0 Å². The van der Waals surface area contributed by atoms with E-state index in [0.717, 1.165) is 11.1 Å². The maximum absolute atomic E-state index is 13.1. The maximum Gasteiger partial charge on any atom is 0.261 e. The average Bonchev–Trinajstić information content (AvgIpc) is 2.63. The summed E-state index contributed by atoms with van der Waals surface area (Å²) in [6.07, 6.45) is 0. The zero-order chi connectivity index (χ0) is 23.3. The highest BCUT2D eigenvalue weighted by molar-refractivity contribution is 6.35. The summed E-state index contributed by atoms with van der Waals surface area (Å²) in [4.78, 5) is 27.4. The summed E-state index contributed by atoms with van der Waals surface area (Å²) in [5, 5.41) is 3.86. The molecule has 1 N–H and O–H groups in total. The summed E-state index contributed by atoms with van der Waals surface area (Å²) >= 11 is 12.3. The molecule has 0 radical (unpaired) electrons. The minimum absolute atomic E-state index is 0.157. The predicted molar refractivity (Wildman–Crippen MR) is 126 cm³/mol. The third kappa shape index (κ3) is 7.75. The van der Waals surface area contributed by atoms with Crippen molar-refractivity contribution in [1.29, 1.82) is 0 Å². The lowest BCUT2D eigenvalue weighted by atomic mass is 10.1. The fraction of sp³-hybridized carbons (Fsp3) is 0.417. The second kappa shape index (κ2) is 10.4. The molecule has 2 aromatic rings. The van der Waals surface area contributed by atoms with Gasteiger partial charge in [0.1, 0.15) is 11.8 Å². The molecule has 7 heteroatoms. The number of carbonyl (C=O) groups excluding carboxylic acids is 2. The number of rotatable bonds is 7. The zero-order valence-electron chi connectivity index (χ0n) is 18.9. The van der Waals surface area contributed by atoms with E-state index < -0.39 is 11.6 Å². The monoisotopic (exact) mass is 464 g/mol. The van der Waals surface area contributed by atoms with Crippen molar-refractivity contribution in [2.75, 3.05) is 6.61 Å². The molecule has 0 aromatic heterocycles. The fourth-order valence-corrected chi connectivity index (χ4v) is 3.60. The Morgan fingerprint density at radius 1 is 1.06 bits per heavy atom. The van der Waals surface area contributed by atoms with Gasteiger partial charge in [0.2, 0.25) is 5.91 Å². The smallest absolute Gasteiger partial charge is 0.261 e. The van der Waals surface area contributed by atoms with Crippen molar-refractivity contribution in [2.24, 2.45) is 0 Å². The number of benzene rings is 2. The van der Waals surface area contributed by atoms with Crippen molar-refractivity contribution < 1.29 is 14.3 Å². The SMILES string of the molecule is Cc1cc(C)cc(OCC(=O)N(Cc2ccc(Cl)cc2Cl)C(C)C(=O)NC(C)(C)C)c1. The molecule has 0 saturated heterocycles. The second-order valence-corrected chi connectivity index (χ2v) is 9.63. The Kier molecular flexibility index (Phi) is 8.38. The number of hydrogen-bond acceptors (Lipinski definition) is 3. The number of amides is 2. The van der Waals surface area contributed by atoms with Crippen LogP contribution in [0.4, 0.5) is 0 Å². The molecule has 0 bridgehead atoms. The van der Waals surface area contributed by atoms with Crippen LogP contribution < -0.4 is 10.1 Å². The first-order valence-electron chi connectivity index (χ1n) is 10.1. The Balaban J connectivity index is 2.24. The van der Waals surface area contributed by atoms with E-state index in [-0.39, 0.29) is 25.0 Å². The third-order valence-corrected chi connectivity index (χ3v) is 5.17. The molecule has 168 valence electrons. The van der Waals surface area contributed by atoms with Gasteiger partial charge in [-0.1, -0.05) is 35.3 Å². The van der Waals surface area contributed by atoms with Crippen LogP contribution in [0.15, 0.2) is 36.4 Å². The van der Waals surface area contributed by atoms with E-state index in [4.69, 9.17) is 27.9 Å². The van der Waals surface area contributed by atoms with Crippen molar-refractivity contribution in [3.05, 3.63) is 63.1 Å². The standard InChI is InChI=1S/C24H30Cl2N2O3/c1-15-9-16(2)11-20(10-15)31-14-22(29)28(17(3)23(30)27-24(4,5)6)13-18-7-8-19(25)12-21(18)26/h7-12,17H,13-14H2,1-6H3,(H,27,30). The first kappa shape index (κ1) is 25.0. The molecule has 1 unspecified atom stereocenters. The minimum atomic E-state index is -0.721. The van der Waals surface area contributed by atoms with Crippen LogP contribution in [-0.4, -0.2) is 34.9 Å². The van der Waals surface area contributed by atoms with E-state index in [2.05, 4.69) is 5.32 Å². The maximum atomic E-state index is 13.1. The second-order valence-electron chi connectivity index (χ2n) is 8.78. The summed E-state index contributed by atoms with van der Waals surface area (Å²) in [6, 6.07) is 10.1. The van der Waals surface area contributed by atoms with Gasteiger partial charge in [-0.3, -0.25) is 9.59 Å². The molecule has 1 atom stereocenters. The van der Waals surface area contributed by atoms with Crippen LogP contribution in [0, 0.1) is 13.8 Å². The molecule has 0 saturated carbocycles. The van der Waals surface area contributed by atoms with Crippen molar-refractivity contribution in [3.63, 3.8) is 0 Å². The predicted octanol–water partition coefficient (Wildman–Crippen LogP) is 5.32. The van der Waals surface area contributed by atoms with E-state index in [9.17, 15) is 9.59 Å². The molecular formula is C24H30Cl2N2O3. The first-order valence-corrected chi connectivity index (χ1v) is 10.9. The molecule has 0 fully saturated rings. The molecule has 0 aliphatic heterocycles. The zero-order valence-corrected chi connectivity index (χ0v) is 20.4. The van der Waals surface area contributed by atoms with Crippen LogP contribution >= 0.6 is 23.2 Å². The summed E-state index contributed by atoms with van der Waals surface area (Å²) in [5.74, 6) is 0.0428. The molecule has 5 nitrogen and oxygen atoms in total. The van der Waals surface area contributed by atoms with Gasteiger partial charge in [-0.05, 0) is 82.5 Å². The van der Waals surface area contributed by atoms with E-state index in [1.807, 2.05) is 52.8 Å². The van der Waals surface area contributed by atoms with Gasteiger partial charge in [0.05, 0.1) is 0 Å². The van der Waals surface area contributed by atoms with Gasteiger partial charge in [-0.2, -0.15) is 0 Å². The fourth-order valence-electron chi connectivity index (χ4n) is 3.13. The van der Waals surface area contributed by atoms with Gasteiger partial charge in [0, 0.05) is 22.1 Å². The van der Waals surface area contributed by atoms with Crippen LogP contribution in [0.5, 0.6) is 5.75 Å². The lowest BCUT2D eigenvalue weighted by Crippen LogP contribution is -2.53. The Bertz CT molecular complexity index is 934. The summed E-state index contributed by atoms with van der Waals surface area (Å²) in [7, 11) is 0. The molecule has 0 aliphatic rings. The highest BCUT2D eigenvalue weighted by atomic mass is 35.5. The number of hydrogen-bond donors (Lipinski definition) is 1. The molecule has 0 heterocycles. The van der Waals surface area contributed by atoms with E-state index in [1.54, 1.807) is 25.1 Å². The van der Waals surface area contributed by atoms with E-state index in [1.165, 1.54) is 4.90 Å². The normalized spacial score (nSPS) is 12.3. The first-order chi connectivity index (χ1) is 14.4. The van der Waals surface area contributed by atoms with Crippen LogP contribution in [0.1, 0.15) is 44.4 Å². The topological polar surface area (TPSA) is 58.6 Å². The van der Waals surface area contributed by atoms with Crippen LogP contribution in [0.3, 0.4) is 0 Å². The number of carbonyl (C=O) groups is 2. The summed E-state index contributed by atoms with van der Waals surface area (Å²) in [6.45, 7) is 11.3. The lowest BCUT2D eigenvalue weighted by Gasteiger charge is -2.31. The number of nitrogens with one attached hydrogen (secondary N) is 1. The molecule has 31 heavy (non-hydrogen) atoms. The minimum Gasteiger partial charge on any atom is -0.484 e. The van der Waals surface area contributed by atoms with E-state index >= 15 is 0 Å². The lowest BCUT2D eigenvalue weighted by molar-refractivity contribution is -0.142. The number of nitrogens with zero attached hydrogens (tertiary/aromatic N) is 1. The molecule has 2 aromatic carbocycles. The molecule has 0 aliphatic carbocycles. The van der Waals surface area contributed by atoms with Crippen molar-refractivity contribution in [1.82, 2.24) is 10.2 Å². The summed E-state index contributed by atoms with van der Waals surface area (Å²) < 4.78 is 5.75. The number of halogens is 2. The van der Waals surface area contributed by atoms with Crippen molar-refractivity contribution >= 4 is 35.0 Å². The highest BCUT2D eigenvalue weighted by Gasteiger charge is 2.29. The molecule has 2 rings (SSSR count). The van der Waals surface area contributed by atoms with Crippen LogP contribution in [0.2, 0.25) is 10.0 Å². The quantitative estimate of drug-likeness (QED) is 0.602. The number of ether oxygens (including phenoxy) is 1. The van der Waals surface area contributed by atoms with Gasteiger partial charge < -0.3 is 15.0 Å². The molecule has 2 amide bonds. The van der Waals surface area contributed by atoms with Crippen molar-refractivity contribution in [3.8, 4) is 5.75 Å². The molecule has 0 spiro atoms. The van der Waals surface area contributed by atoms with Gasteiger partial charge in [0.15, 0.2) is 6.61 Å². The van der Waals surface area contributed by atoms with Crippen LogP contribution in [0.25, 0.3) is 0 Å². The van der Waals surface area contributed by atoms with Crippen molar-refractivity contribution in [2.45, 2.75) is 59.7 Å². The Hall–Kier alpha value is -2.24. The van der Waals surface area contributed by atoms with Crippen LogP contribution in [-0.2, 0) is 16.1 Å². The molecular weight excluding hydrogens is 435 g/mol. The third-order valence-electron chi connectivity index (χ3n) is 4.58. The average molecular weight is 465 g/mol. The van der Waals surface area contributed by atoms with Gasteiger partial charge in [-0.15, -0.1) is 0 Å². The Morgan fingerprint density at radius 2 is 1.68 bits per heavy atom. The Morgan fingerprint density at radius 3 is 2.23 bits per heavy atom. The summed E-state index contributed by atoms with van der Waals surface area (Å²) in [5.41, 5.74) is 2.37.